The largest absolute Gasteiger partial charge is 0.438 e. The van der Waals surface area contributed by atoms with Crippen LogP contribution in [0.2, 0.25) is 0 Å². The molecule has 0 aromatic rings. The van der Waals surface area contributed by atoms with Crippen LogP contribution in [0.25, 0.3) is 0 Å². The van der Waals surface area contributed by atoms with Gasteiger partial charge >= 0.3 is 53.7 Å². The SMILES string of the molecule is FC(F)(F)C(F)(C(F)(F)F)C(F)(F)C(F)(F)C(F)(F)C(F)(F)C(F)(F)C(F)(F)OCC1CO1. The first-order chi connectivity index (χ1) is 14.1. The molecule has 1 fully saturated rings. The highest BCUT2D eigenvalue weighted by atomic mass is 19.4. The van der Waals surface area contributed by atoms with Crippen molar-refractivity contribution in [1.82, 2.24) is 0 Å². The summed E-state index contributed by atoms with van der Waals surface area (Å²) in [5.41, 5.74) is -8.74. The molecule has 1 atom stereocenters. The first-order valence-electron chi connectivity index (χ1n) is 7.42. The van der Waals surface area contributed by atoms with Gasteiger partial charge in [0.05, 0.1) is 13.2 Å². The Labute approximate surface area is 167 Å². The van der Waals surface area contributed by atoms with Crippen molar-refractivity contribution in [2.45, 2.75) is 59.8 Å². The predicted octanol–water partition coefficient (Wildman–Crippen LogP) is 6.00. The highest BCUT2D eigenvalue weighted by molar-refractivity contribution is 5.18. The first-order valence-corrected chi connectivity index (χ1v) is 7.42. The minimum atomic E-state index is -9.03. The normalized spacial score (nSPS) is 20.3. The monoisotopic (exact) mass is 542 g/mol. The molecule has 0 aliphatic carbocycles. The summed E-state index contributed by atoms with van der Waals surface area (Å²) in [6, 6.07) is 0. The summed E-state index contributed by atoms with van der Waals surface area (Å²) in [6.45, 7) is -2.36. The summed E-state index contributed by atoms with van der Waals surface area (Å²) in [6.07, 6.45) is -25.1. The fourth-order valence-corrected chi connectivity index (χ4v) is 1.96. The van der Waals surface area contributed by atoms with Gasteiger partial charge in [0.2, 0.25) is 0 Å². The Kier molecular flexibility index (Phi) is 6.77. The fraction of sp³-hybridized carbons (Fsp3) is 1.00. The lowest BCUT2D eigenvalue weighted by Gasteiger charge is -2.44. The molecular weight excluding hydrogens is 537 g/mol. The van der Waals surface area contributed by atoms with Crippen molar-refractivity contribution < 1.29 is 92.9 Å². The molecule has 33 heavy (non-hydrogen) atoms. The van der Waals surface area contributed by atoms with Crippen LogP contribution in [0, 0.1) is 0 Å². The maximum absolute atomic E-state index is 13.4. The number of epoxide rings is 1. The maximum Gasteiger partial charge on any atom is 0.438 e. The Morgan fingerprint density at radius 2 is 0.818 bits per heavy atom. The summed E-state index contributed by atoms with van der Waals surface area (Å²) < 4.78 is 254. The standard InChI is InChI=1S/C12H5F19O2/c13-4(10(24,25)26,11(27,28)29)5(14,15)6(16,17)7(18,19)8(20,21)9(22,23)12(30,31)33-2-3-1-32-3/h3H,1-2H2. The zero-order valence-electron chi connectivity index (χ0n) is 14.5. The summed E-state index contributed by atoms with van der Waals surface area (Å²) >= 11 is 0. The third-order valence-electron chi connectivity index (χ3n) is 4.01. The molecule has 0 spiro atoms. The Morgan fingerprint density at radius 3 is 1.12 bits per heavy atom. The number of ether oxygens (including phenoxy) is 2. The molecule has 1 rings (SSSR count). The molecule has 198 valence electrons. The van der Waals surface area contributed by atoms with Crippen molar-refractivity contribution in [2.75, 3.05) is 13.2 Å². The van der Waals surface area contributed by atoms with E-state index in [1.165, 1.54) is 0 Å². The van der Waals surface area contributed by atoms with Crippen LogP contribution in [0.1, 0.15) is 0 Å². The van der Waals surface area contributed by atoms with E-state index in [2.05, 4.69) is 9.47 Å². The third-order valence-corrected chi connectivity index (χ3v) is 4.01. The molecule has 0 radical (unpaired) electrons. The molecule has 0 N–H and O–H groups in total. The van der Waals surface area contributed by atoms with E-state index < -0.39 is 73.1 Å². The molecule has 0 bridgehead atoms. The highest BCUT2D eigenvalue weighted by Crippen LogP contribution is 2.66. The Bertz CT molecular complexity index is 701. The van der Waals surface area contributed by atoms with Gasteiger partial charge in [-0.1, -0.05) is 0 Å². The molecule has 2 nitrogen and oxygen atoms in total. The Morgan fingerprint density at radius 1 is 0.515 bits per heavy atom. The van der Waals surface area contributed by atoms with Crippen LogP contribution < -0.4 is 0 Å². The van der Waals surface area contributed by atoms with Crippen molar-refractivity contribution >= 4 is 0 Å². The van der Waals surface area contributed by atoms with Gasteiger partial charge in [0.1, 0.15) is 6.10 Å². The van der Waals surface area contributed by atoms with E-state index >= 15 is 0 Å². The lowest BCUT2D eigenvalue weighted by Crippen LogP contribution is -2.77. The molecule has 1 aliphatic rings. The van der Waals surface area contributed by atoms with Crippen LogP contribution in [-0.2, 0) is 9.47 Å². The maximum atomic E-state index is 13.4. The molecule has 0 saturated carbocycles. The number of rotatable bonds is 9. The van der Waals surface area contributed by atoms with Crippen LogP contribution >= 0.6 is 0 Å². The summed E-state index contributed by atoms with van der Waals surface area (Å²) in [5, 5.41) is 0. The minimum absolute atomic E-state index is 0.550. The zero-order chi connectivity index (χ0) is 26.9. The smallest absolute Gasteiger partial charge is 0.371 e. The minimum Gasteiger partial charge on any atom is -0.371 e. The molecular formula is C12H5F19O2. The number of hydrogen-bond acceptors (Lipinski definition) is 2. The fourth-order valence-electron chi connectivity index (χ4n) is 1.96. The lowest BCUT2D eigenvalue weighted by molar-refractivity contribution is -0.484. The number of alkyl halides is 19. The quantitative estimate of drug-likeness (QED) is 0.264. The van der Waals surface area contributed by atoms with Gasteiger partial charge in [-0.2, -0.15) is 79.0 Å². The van der Waals surface area contributed by atoms with E-state index in [1.54, 1.807) is 0 Å². The summed E-state index contributed by atoms with van der Waals surface area (Å²) in [7, 11) is 0. The second kappa shape index (κ2) is 7.54. The van der Waals surface area contributed by atoms with E-state index in [1.807, 2.05) is 0 Å². The van der Waals surface area contributed by atoms with E-state index in [4.69, 9.17) is 0 Å². The van der Waals surface area contributed by atoms with E-state index in [0.29, 0.717) is 0 Å². The molecule has 0 aromatic carbocycles. The van der Waals surface area contributed by atoms with Crippen LogP contribution in [0.3, 0.4) is 0 Å². The van der Waals surface area contributed by atoms with Gasteiger partial charge in [0, 0.05) is 0 Å². The van der Waals surface area contributed by atoms with Crippen LogP contribution in [0.5, 0.6) is 0 Å². The van der Waals surface area contributed by atoms with Crippen molar-refractivity contribution in [3.63, 3.8) is 0 Å². The molecule has 1 aliphatic heterocycles. The topological polar surface area (TPSA) is 21.8 Å². The average Bonchev–Trinajstić information content (AvgIpc) is 3.40. The van der Waals surface area contributed by atoms with Gasteiger partial charge in [-0.15, -0.1) is 0 Å². The summed E-state index contributed by atoms with van der Waals surface area (Å²) in [4.78, 5) is 0. The van der Waals surface area contributed by atoms with Gasteiger partial charge in [-0.3, -0.25) is 0 Å². The van der Waals surface area contributed by atoms with Gasteiger partial charge < -0.3 is 9.47 Å². The van der Waals surface area contributed by atoms with E-state index in [9.17, 15) is 83.4 Å². The van der Waals surface area contributed by atoms with E-state index in [0.717, 1.165) is 0 Å². The second-order valence-electron chi connectivity index (χ2n) is 6.31. The van der Waals surface area contributed by atoms with Crippen molar-refractivity contribution in [1.29, 1.82) is 0 Å². The van der Waals surface area contributed by atoms with Crippen molar-refractivity contribution in [3.05, 3.63) is 0 Å². The van der Waals surface area contributed by atoms with Crippen LogP contribution in [-0.4, -0.2) is 73.1 Å². The van der Waals surface area contributed by atoms with Crippen LogP contribution in [0.4, 0.5) is 83.4 Å². The van der Waals surface area contributed by atoms with Gasteiger partial charge in [0.15, 0.2) is 0 Å². The van der Waals surface area contributed by atoms with Crippen molar-refractivity contribution in [3.8, 4) is 0 Å². The van der Waals surface area contributed by atoms with Crippen molar-refractivity contribution in [2.24, 2.45) is 0 Å². The molecule has 0 aromatic heterocycles. The lowest BCUT2D eigenvalue weighted by atomic mass is 9.84. The van der Waals surface area contributed by atoms with Crippen LogP contribution in [0.15, 0.2) is 0 Å². The molecule has 21 heteroatoms. The number of halogens is 19. The van der Waals surface area contributed by atoms with Gasteiger partial charge in [-0.25, -0.2) is 4.39 Å². The van der Waals surface area contributed by atoms with Gasteiger partial charge in [0.25, 0.3) is 0 Å². The second-order valence-corrected chi connectivity index (χ2v) is 6.31. The predicted molar refractivity (Wildman–Crippen MR) is 61.3 cm³/mol. The average molecular weight is 542 g/mol. The number of hydrogen-bond donors (Lipinski definition) is 0. The highest BCUT2D eigenvalue weighted by Gasteiger charge is 2.98. The molecule has 1 saturated heterocycles. The van der Waals surface area contributed by atoms with Gasteiger partial charge in [-0.05, 0) is 0 Å². The zero-order valence-corrected chi connectivity index (χ0v) is 14.5. The Balaban J connectivity index is 3.64. The summed E-state index contributed by atoms with van der Waals surface area (Å²) in [5.74, 6) is -43.5. The molecule has 1 unspecified atom stereocenters. The van der Waals surface area contributed by atoms with E-state index in [-0.39, 0.29) is 0 Å². The Hall–Kier alpha value is -1.41. The molecule has 1 heterocycles. The molecule has 0 amide bonds. The first kappa shape index (κ1) is 29.6. The third kappa shape index (κ3) is 3.95.